The topological polar surface area (TPSA) is 67.6 Å². The van der Waals surface area contributed by atoms with Crippen LogP contribution < -0.4 is 11.1 Å². The normalized spacial score (nSPS) is 23.9. The van der Waals surface area contributed by atoms with E-state index in [2.05, 4.69) is 10.2 Å². The van der Waals surface area contributed by atoms with Gasteiger partial charge in [0.15, 0.2) is 0 Å². The van der Waals surface area contributed by atoms with Crippen LogP contribution in [0, 0.1) is 0 Å². The fraction of sp³-hybridized carbons (Fsp3) is 0.923. The zero-order valence-electron chi connectivity index (χ0n) is 11.2. The summed E-state index contributed by atoms with van der Waals surface area (Å²) in [6.07, 6.45) is 4.62. The average Bonchev–Trinajstić information content (AvgIpc) is 3.20. The van der Waals surface area contributed by atoms with E-state index in [1.54, 1.807) is 0 Å². The Morgan fingerprint density at radius 3 is 2.61 bits per heavy atom. The second-order valence-electron chi connectivity index (χ2n) is 5.35. The van der Waals surface area contributed by atoms with Crippen LogP contribution in [0.2, 0.25) is 0 Å². The number of carbonyl (C=O) groups is 1. The van der Waals surface area contributed by atoms with Crippen molar-refractivity contribution in [2.45, 2.75) is 50.8 Å². The van der Waals surface area contributed by atoms with Crippen LogP contribution in [-0.2, 0) is 9.53 Å². The number of ether oxygens (including phenoxy) is 1. The molecule has 0 spiro atoms. The summed E-state index contributed by atoms with van der Waals surface area (Å²) >= 11 is 0. The monoisotopic (exact) mass is 255 g/mol. The highest BCUT2D eigenvalue weighted by molar-refractivity contribution is 5.81. The van der Waals surface area contributed by atoms with Gasteiger partial charge >= 0.3 is 0 Å². The lowest BCUT2D eigenvalue weighted by atomic mass is 10.1. The molecular weight excluding hydrogens is 230 g/mol. The number of nitrogens with two attached hydrogens (primary N) is 1. The van der Waals surface area contributed by atoms with Crippen molar-refractivity contribution in [3.05, 3.63) is 0 Å². The van der Waals surface area contributed by atoms with Gasteiger partial charge in [0.25, 0.3) is 0 Å². The standard InChI is InChI=1S/C13H25N3O2/c1-10(13(17)15-11-2-3-11)16-7-4-12(5-8-16)18-9-6-14/h10-12H,2-9,14H2,1H3,(H,15,17). The van der Waals surface area contributed by atoms with E-state index in [0.29, 0.717) is 25.3 Å². The largest absolute Gasteiger partial charge is 0.377 e. The van der Waals surface area contributed by atoms with Gasteiger partial charge in [-0.15, -0.1) is 0 Å². The van der Waals surface area contributed by atoms with E-state index < -0.39 is 0 Å². The average molecular weight is 255 g/mol. The molecule has 0 radical (unpaired) electrons. The lowest BCUT2D eigenvalue weighted by Crippen LogP contribution is -2.49. The number of carbonyl (C=O) groups excluding carboxylic acids is 1. The first-order chi connectivity index (χ1) is 8.70. The first-order valence-electron chi connectivity index (χ1n) is 7.07. The van der Waals surface area contributed by atoms with Gasteiger partial charge in [-0.3, -0.25) is 9.69 Å². The van der Waals surface area contributed by atoms with E-state index in [4.69, 9.17) is 10.5 Å². The highest BCUT2D eigenvalue weighted by Crippen LogP contribution is 2.20. The minimum atomic E-state index is -0.0129. The molecule has 1 aliphatic heterocycles. The summed E-state index contributed by atoms with van der Waals surface area (Å²) in [5.74, 6) is 0.179. The van der Waals surface area contributed by atoms with E-state index in [0.717, 1.165) is 38.8 Å². The summed E-state index contributed by atoms with van der Waals surface area (Å²) < 4.78 is 5.64. The molecule has 0 aromatic heterocycles. The van der Waals surface area contributed by atoms with Gasteiger partial charge in [0.05, 0.1) is 18.8 Å². The maximum Gasteiger partial charge on any atom is 0.237 e. The molecule has 1 saturated carbocycles. The van der Waals surface area contributed by atoms with Crippen molar-refractivity contribution in [2.24, 2.45) is 5.73 Å². The summed E-state index contributed by atoms with van der Waals surface area (Å²) in [6.45, 7) is 5.10. The van der Waals surface area contributed by atoms with Crippen LogP contribution >= 0.6 is 0 Å². The predicted molar refractivity (Wildman–Crippen MR) is 70.2 cm³/mol. The van der Waals surface area contributed by atoms with Crippen LogP contribution in [0.15, 0.2) is 0 Å². The van der Waals surface area contributed by atoms with Gasteiger partial charge < -0.3 is 15.8 Å². The Balaban J connectivity index is 1.69. The van der Waals surface area contributed by atoms with Crippen molar-refractivity contribution in [3.8, 4) is 0 Å². The molecule has 0 aromatic rings. The first-order valence-corrected chi connectivity index (χ1v) is 7.07. The van der Waals surface area contributed by atoms with Crippen molar-refractivity contribution >= 4 is 5.91 Å². The van der Waals surface area contributed by atoms with E-state index in [1.165, 1.54) is 0 Å². The van der Waals surface area contributed by atoms with Crippen molar-refractivity contribution in [1.82, 2.24) is 10.2 Å². The number of piperidine rings is 1. The molecule has 1 amide bonds. The summed E-state index contributed by atoms with van der Waals surface area (Å²) in [5, 5.41) is 3.07. The van der Waals surface area contributed by atoms with Crippen molar-refractivity contribution in [2.75, 3.05) is 26.2 Å². The molecule has 2 rings (SSSR count). The number of hydrogen-bond donors (Lipinski definition) is 2. The Labute approximate surface area is 109 Å². The van der Waals surface area contributed by atoms with E-state index in [1.807, 2.05) is 6.92 Å². The van der Waals surface area contributed by atoms with Crippen LogP contribution in [-0.4, -0.2) is 55.2 Å². The molecule has 0 bridgehead atoms. The highest BCUT2D eigenvalue weighted by atomic mass is 16.5. The first kappa shape index (κ1) is 13.8. The molecule has 18 heavy (non-hydrogen) atoms. The molecule has 3 N–H and O–H groups in total. The summed E-state index contributed by atoms with van der Waals surface area (Å²) in [6, 6.07) is 0.437. The number of likely N-dealkylation sites (tertiary alicyclic amines) is 1. The number of rotatable bonds is 6. The second kappa shape index (κ2) is 6.50. The number of nitrogens with zero attached hydrogens (tertiary/aromatic N) is 1. The summed E-state index contributed by atoms with van der Waals surface area (Å²) in [5.41, 5.74) is 5.42. The highest BCUT2D eigenvalue weighted by Gasteiger charge is 2.30. The Morgan fingerprint density at radius 1 is 1.39 bits per heavy atom. The maximum absolute atomic E-state index is 11.9. The summed E-state index contributed by atoms with van der Waals surface area (Å²) in [7, 11) is 0. The molecule has 1 aliphatic carbocycles. The van der Waals surface area contributed by atoms with Gasteiger partial charge in [-0.05, 0) is 32.6 Å². The Bertz CT molecular complexity index is 273. The zero-order valence-corrected chi connectivity index (χ0v) is 11.2. The molecule has 5 nitrogen and oxygen atoms in total. The van der Waals surface area contributed by atoms with Gasteiger partial charge in [-0.1, -0.05) is 0 Å². The molecule has 2 aliphatic rings. The number of amides is 1. The Kier molecular flexibility index (Phi) is 4.97. The third kappa shape index (κ3) is 3.93. The van der Waals surface area contributed by atoms with E-state index in [-0.39, 0.29) is 11.9 Å². The zero-order chi connectivity index (χ0) is 13.0. The van der Waals surface area contributed by atoms with Gasteiger partial charge in [-0.2, -0.15) is 0 Å². The predicted octanol–water partition coefficient (Wildman–Crippen LogP) is 0.0932. The van der Waals surface area contributed by atoms with Gasteiger partial charge in [0.2, 0.25) is 5.91 Å². The molecule has 0 aromatic carbocycles. The molecule has 104 valence electrons. The summed E-state index contributed by atoms with van der Waals surface area (Å²) in [4.78, 5) is 14.2. The fourth-order valence-corrected chi connectivity index (χ4v) is 2.38. The Morgan fingerprint density at radius 2 is 2.06 bits per heavy atom. The molecule has 2 fully saturated rings. The SMILES string of the molecule is CC(C(=O)NC1CC1)N1CCC(OCCN)CC1. The molecule has 5 heteroatoms. The van der Waals surface area contributed by atoms with E-state index in [9.17, 15) is 4.79 Å². The molecule has 1 heterocycles. The van der Waals surface area contributed by atoms with E-state index >= 15 is 0 Å². The molecule has 1 atom stereocenters. The van der Waals surface area contributed by atoms with Gasteiger partial charge in [0.1, 0.15) is 0 Å². The Hall–Kier alpha value is -0.650. The fourth-order valence-electron chi connectivity index (χ4n) is 2.38. The van der Waals surface area contributed by atoms with Crippen LogP contribution in [0.1, 0.15) is 32.6 Å². The smallest absolute Gasteiger partial charge is 0.237 e. The molecule has 1 unspecified atom stereocenters. The van der Waals surface area contributed by atoms with Crippen molar-refractivity contribution < 1.29 is 9.53 Å². The van der Waals surface area contributed by atoms with Crippen molar-refractivity contribution in [3.63, 3.8) is 0 Å². The van der Waals surface area contributed by atoms with Crippen molar-refractivity contribution in [1.29, 1.82) is 0 Å². The third-order valence-electron chi connectivity index (χ3n) is 3.80. The van der Waals surface area contributed by atoms with Crippen LogP contribution in [0.5, 0.6) is 0 Å². The number of nitrogens with one attached hydrogen (secondary N) is 1. The van der Waals surface area contributed by atoms with Crippen LogP contribution in [0.4, 0.5) is 0 Å². The molecular formula is C13H25N3O2. The minimum absolute atomic E-state index is 0.0129. The number of hydrogen-bond acceptors (Lipinski definition) is 4. The van der Waals surface area contributed by atoms with Gasteiger partial charge in [0, 0.05) is 25.7 Å². The quantitative estimate of drug-likeness (QED) is 0.706. The lowest BCUT2D eigenvalue weighted by Gasteiger charge is -2.35. The van der Waals surface area contributed by atoms with Crippen LogP contribution in [0.25, 0.3) is 0 Å². The lowest BCUT2D eigenvalue weighted by molar-refractivity contribution is -0.127. The van der Waals surface area contributed by atoms with Crippen LogP contribution in [0.3, 0.4) is 0 Å². The minimum Gasteiger partial charge on any atom is -0.377 e. The molecule has 1 saturated heterocycles. The van der Waals surface area contributed by atoms with Gasteiger partial charge in [-0.25, -0.2) is 0 Å². The maximum atomic E-state index is 11.9. The third-order valence-corrected chi connectivity index (χ3v) is 3.80. The second-order valence-corrected chi connectivity index (χ2v) is 5.35.